The third-order valence-corrected chi connectivity index (χ3v) is 4.27. The van der Waals surface area contributed by atoms with Gasteiger partial charge in [-0.15, -0.1) is 0 Å². The largest absolute Gasteiger partial charge is 0.379 e. The lowest BCUT2D eigenvalue weighted by molar-refractivity contribution is -0.110. The van der Waals surface area contributed by atoms with Crippen LogP contribution in [-0.2, 0) is 9.53 Å². The molecule has 4 rings (SSSR count). The first kappa shape index (κ1) is 14.9. The first-order chi connectivity index (χ1) is 11.8. The molecule has 122 valence electrons. The van der Waals surface area contributed by atoms with E-state index in [1.54, 1.807) is 0 Å². The maximum Gasteiger partial charge on any atom is 0.257 e. The number of hydrogen-bond donors (Lipinski definition) is 1. The predicted octanol–water partition coefficient (Wildman–Crippen LogP) is 2.73. The molecule has 0 bridgehead atoms. The van der Waals surface area contributed by atoms with Crippen molar-refractivity contribution in [1.82, 2.24) is 5.01 Å². The van der Waals surface area contributed by atoms with Crippen LogP contribution in [0.1, 0.15) is 5.56 Å². The van der Waals surface area contributed by atoms with Crippen molar-refractivity contribution in [2.75, 3.05) is 36.6 Å². The predicted molar refractivity (Wildman–Crippen MR) is 94.4 cm³/mol. The van der Waals surface area contributed by atoms with Crippen LogP contribution in [0.4, 0.5) is 11.4 Å². The van der Waals surface area contributed by atoms with Gasteiger partial charge in [-0.2, -0.15) is 0 Å². The van der Waals surface area contributed by atoms with Crippen LogP contribution in [0.2, 0.25) is 0 Å². The van der Waals surface area contributed by atoms with Crippen LogP contribution in [0, 0.1) is 0 Å². The van der Waals surface area contributed by atoms with Gasteiger partial charge in [0.05, 0.1) is 24.5 Å². The van der Waals surface area contributed by atoms with Gasteiger partial charge >= 0.3 is 0 Å². The van der Waals surface area contributed by atoms with Crippen molar-refractivity contribution >= 4 is 22.9 Å². The van der Waals surface area contributed by atoms with Crippen LogP contribution in [0.5, 0.6) is 0 Å². The SMILES string of the molecule is O=C1Nc2ccccc2C1=CN(c1ccccc1)N1CCOCC1. The number of rotatable bonds is 3. The maximum absolute atomic E-state index is 12.4. The van der Waals surface area contributed by atoms with E-state index in [-0.39, 0.29) is 5.91 Å². The average Bonchev–Trinajstić information content (AvgIpc) is 2.96. The molecule has 2 aliphatic rings. The summed E-state index contributed by atoms with van der Waals surface area (Å²) in [4.78, 5) is 12.4. The molecule has 0 aromatic heterocycles. The molecular weight excluding hydrogens is 302 g/mol. The highest BCUT2D eigenvalue weighted by Gasteiger charge is 2.26. The Kier molecular flexibility index (Phi) is 4.02. The Morgan fingerprint density at radius 1 is 1.00 bits per heavy atom. The van der Waals surface area contributed by atoms with E-state index in [9.17, 15) is 4.79 Å². The summed E-state index contributed by atoms with van der Waals surface area (Å²) < 4.78 is 5.46. The lowest BCUT2D eigenvalue weighted by Crippen LogP contribution is -2.46. The topological polar surface area (TPSA) is 44.8 Å². The second-order valence-electron chi connectivity index (χ2n) is 5.79. The third kappa shape index (κ3) is 2.79. The Balaban J connectivity index is 1.75. The Morgan fingerprint density at radius 3 is 2.50 bits per heavy atom. The number of hydrazine groups is 1. The monoisotopic (exact) mass is 321 g/mol. The van der Waals surface area contributed by atoms with Crippen molar-refractivity contribution in [3.8, 4) is 0 Å². The van der Waals surface area contributed by atoms with E-state index >= 15 is 0 Å². The van der Waals surface area contributed by atoms with Crippen molar-refractivity contribution in [3.05, 3.63) is 66.4 Å². The van der Waals surface area contributed by atoms with E-state index in [0.717, 1.165) is 30.0 Å². The Bertz CT molecular complexity index is 767. The molecule has 0 atom stereocenters. The van der Waals surface area contributed by atoms with Crippen molar-refractivity contribution in [2.45, 2.75) is 0 Å². The number of nitrogens with one attached hydrogen (secondary N) is 1. The highest BCUT2D eigenvalue weighted by Crippen LogP contribution is 2.32. The van der Waals surface area contributed by atoms with Crippen LogP contribution in [0.15, 0.2) is 60.8 Å². The second-order valence-corrected chi connectivity index (χ2v) is 5.79. The number of anilines is 2. The van der Waals surface area contributed by atoms with E-state index in [2.05, 4.69) is 15.3 Å². The molecule has 5 nitrogen and oxygen atoms in total. The molecule has 0 saturated carbocycles. The smallest absolute Gasteiger partial charge is 0.257 e. The Labute approximate surface area is 141 Å². The van der Waals surface area contributed by atoms with Gasteiger partial charge in [0, 0.05) is 30.5 Å². The van der Waals surface area contributed by atoms with Crippen LogP contribution in [-0.4, -0.2) is 37.2 Å². The van der Waals surface area contributed by atoms with Crippen LogP contribution in [0.3, 0.4) is 0 Å². The van der Waals surface area contributed by atoms with Gasteiger partial charge in [-0.25, -0.2) is 5.01 Å². The van der Waals surface area contributed by atoms with Crippen molar-refractivity contribution in [2.24, 2.45) is 0 Å². The number of carbonyl (C=O) groups is 1. The number of amides is 1. The van der Waals surface area contributed by atoms with Gasteiger partial charge in [-0.05, 0) is 18.2 Å². The molecule has 1 fully saturated rings. The minimum atomic E-state index is -0.0645. The van der Waals surface area contributed by atoms with E-state index < -0.39 is 0 Å². The fourth-order valence-electron chi connectivity index (χ4n) is 3.06. The molecule has 1 saturated heterocycles. The van der Waals surface area contributed by atoms with E-state index in [4.69, 9.17) is 4.74 Å². The lowest BCUT2D eigenvalue weighted by atomic mass is 10.1. The molecule has 2 aromatic carbocycles. The maximum atomic E-state index is 12.4. The summed E-state index contributed by atoms with van der Waals surface area (Å²) in [6.45, 7) is 2.97. The van der Waals surface area contributed by atoms with E-state index in [1.807, 2.05) is 60.8 Å². The summed E-state index contributed by atoms with van der Waals surface area (Å²) in [5.74, 6) is -0.0645. The highest BCUT2D eigenvalue weighted by molar-refractivity contribution is 6.31. The van der Waals surface area contributed by atoms with E-state index in [0.29, 0.717) is 18.8 Å². The summed E-state index contributed by atoms with van der Waals surface area (Å²) >= 11 is 0. The number of hydrogen-bond acceptors (Lipinski definition) is 4. The lowest BCUT2D eigenvalue weighted by Gasteiger charge is -2.36. The summed E-state index contributed by atoms with van der Waals surface area (Å²) in [5, 5.41) is 7.21. The molecule has 0 aliphatic carbocycles. The van der Waals surface area contributed by atoms with Crippen LogP contribution in [0.25, 0.3) is 5.57 Å². The van der Waals surface area contributed by atoms with Gasteiger partial charge in [-0.1, -0.05) is 36.4 Å². The second kappa shape index (κ2) is 6.47. The summed E-state index contributed by atoms with van der Waals surface area (Å²) in [7, 11) is 0. The molecule has 1 N–H and O–H groups in total. The number of nitrogens with zero attached hydrogens (tertiary/aromatic N) is 2. The summed E-state index contributed by atoms with van der Waals surface area (Å²) in [6, 6.07) is 17.9. The van der Waals surface area contributed by atoms with Gasteiger partial charge in [0.1, 0.15) is 0 Å². The number of fused-ring (bicyclic) bond motifs is 1. The van der Waals surface area contributed by atoms with Gasteiger partial charge in [0.2, 0.25) is 0 Å². The number of morpholine rings is 1. The molecule has 24 heavy (non-hydrogen) atoms. The number of benzene rings is 2. The van der Waals surface area contributed by atoms with Crippen molar-refractivity contribution < 1.29 is 9.53 Å². The van der Waals surface area contributed by atoms with Gasteiger partial charge < -0.3 is 10.1 Å². The fraction of sp³-hybridized carbons (Fsp3) is 0.211. The summed E-state index contributed by atoms with van der Waals surface area (Å²) in [6.07, 6.45) is 1.93. The van der Waals surface area contributed by atoms with Gasteiger partial charge in [0.15, 0.2) is 0 Å². The number of carbonyl (C=O) groups excluding carboxylic acids is 1. The minimum Gasteiger partial charge on any atom is -0.379 e. The molecule has 2 heterocycles. The molecule has 2 aliphatic heterocycles. The van der Waals surface area contributed by atoms with E-state index in [1.165, 1.54) is 0 Å². The zero-order chi connectivity index (χ0) is 16.4. The molecule has 0 radical (unpaired) electrons. The van der Waals surface area contributed by atoms with Crippen LogP contribution < -0.4 is 10.3 Å². The Hall–Kier alpha value is -2.63. The normalized spacial score (nSPS) is 19.2. The molecule has 1 amide bonds. The first-order valence-corrected chi connectivity index (χ1v) is 8.12. The zero-order valence-corrected chi connectivity index (χ0v) is 13.3. The van der Waals surface area contributed by atoms with Gasteiger partial charge in [-0.3, -0.25) is 9.80 Å². The average molecular weight is 321 g/mol. The summed E-state index contributed by atoms with van der Waals surface area (Å²) in [5.41, 5.74) is 3.52. The van der Waals surface area contributed by atoms with Gasteiger partial charge in [0.25, 0.3) is 5.91 Å². The number of para-hydroxylation sites is 2. The Morgan fingerprint density at radius 2 is 1.71 bits per heavy atom. The minimum absolute atomic E-state index is 0.0645. The zero-order valence-electron chi connectivity index (χ0n) is 13.3. The van der Waals surface area contributed by atoms with Crippen molar-refractivity contribution in [3.63, 3.8) is 0 Å². The molecule has 0 unspecified atom stereocenters. The quantitative estimate of drug-likeness (QED) is 0.883. The molecule has 0 spiro atoms. The highest BCUT2D eigenvalue weighted by atomic mass is 16.5. The molecule has 5 heteroatoms. The first-order valence-electron chi connectivity index (χ1n) is 8.12. The fourth-order valence-corrected chi connectivity index (χ4v) is 3.06. The third-order valence-electron chi connectivity index (χ3n) is 4.27. The standard InChI is InChI=1S/C19H19N3O2/c23-19-17(16-8-4-5-9-18(16)20-19)14-22(15-6-2-1-3-7-15)21-10-12-24-13-11-21/h1-9,14H,10-13H2,(H,20,23). The molecule has 2 aromatic rings. The number of ether oxygens (including phenoxy) is 1. The molecular formula is C19H19N3O2. The van der Waals surface area contributed by atoms with Crippen molar-refractivity contribution in [1.29, 1.82) is 0 Å². The van der Waals surface area contributed by atoms with Crippen LogP contribution >= 0.6 is 0 Å².